The fourth-order valence-corrected chi connectivity index (χ4v) is 3.00. The molecule has 0 aromatic carbocycles. The summed E-state index contributed by atoms with van der Waals surface area (Å²) >= 11 is 0. The highest BCUT2D eigenvalue weighted by atomic mass is 16.1. The third-order valence-corrected chi connectivity index (χ3v) is 4.26. The van der Waals surface area contributed by atoms with E-state index in [1.807, 2.05) is 18.2 Å². The molecule has 4 rings (SSSR count). The van der Waals surface area contributed by atoms with E-state index in [2.05, 4.69) is 25.0 Å². The Morgan fingerprint density at radius 2 is 2.08 bits per heavy atom. The predicted octanol–water partition coefficient (Wildman–Crippen LogP) is 2.30. The fraction of sp³-hybridized carbons (Fsp3) is 0.167. The lowest BCUT2D eigenvalue weighted by atomic mass is 10.0. The van der Waals surface area contributed by atoms with Crippen molar-refractivity contribution in [2.75, 3.05) is 5.73 Å². The van der Waals surface area contributed by atoms with Crippen LogP contribution in [-0.2, 0) is 6.42 Å². The summed E-state index contributed by atoms with van der Waals surface area (Å²) in [5.74, 6) is 0.307. The number of carbonyl (C=O) groups is 1. The molecule has 130 valence electrons. The first-order chi connectivity index (χ1) is 12.7. The van der Waals surface area contributed by atoms with Crippen LogP contribution in [0.25, 0.3) is 16.8 Å². The van der Waals surface area contributed by atoms with Crippen LogP contribution in [0.5, 0.6) is 0 Å². The van der Waals surface area contributed by atoms with Gasteiger partial charge in [0.2, 0.25) is 0 Å². The number of nitrogens with zero attached hydrogens (tertiary/aromatic N) is 5. The molecule has 26 heavy (non-hydrogen) atoms. The maximum atomic E-state index is 12.8. The minimum atomic E-state index is 0.0174. The summed E-state index contributed by atoms with van der Waals surface area (Å²) in [5, 5.41) is 4.28. The second-order valence-electron chi connectivity index (χ2n) is 5.94. The molecule has 4 aromatic heterocycles. The average molecular weight is 347 g/mol. The third-order valence-electron chi connectivity index (χ3n) is 4.26. The zero-order valence-electron chi connectivity index (χ0n) is 14.0. The van der Waals surface area contributed by atoms with Crippen LogP contribution in [0.2, 0.25) is 0 Å². The first-order valence-corrected chi connectivity index (χ1v) is 8.27. The zero-order valence-corrected chi connectivity index (χ0v) is 14.0. The van der Waals surface area contributed by atoms with Crippen molar-refractivity contribution in [3.8, 4) is 11.3 Å². The monoisotopic (exact) mass is 347 g/mol. The van der Waals surface area contributed by atoms with Crippen LogP contribution in [-0.4, -0.2) is 35.3 Å². The first-order valence-electron chi connectivity index (χ1n) is 8.27. The Morgan fingerprint density at radius 1 is 1.23 bits per heavy atom. The highest BCUT2D eigenvalue weighted by Gasteiger charge is 2.19. The molecule has 0 aliphatic heterocycles. The van der Waals surface area contributed by atoms with Crippen LogP contribution in [0, 0.1) is 0 Å². The third kappa shape index (κ3) is 2.92. The number of Topliss-reactive ketones (excluding diaryl/α,β-unsaturated/α-hetero) is 1. The molecule has 8 nitrogen and oxygen atoms in total. The number of carbonyl (C=O) groups excluding carboxylic acids is 1. The Morgan fingerprint density at radius 3 is 2.85 bits per heavy atom. The molecule has 0 atom stereocenters. The van der Waals surface area contributed by atoms with E-state index in [0.717, 1.165) is 29.8 Å². The standard InChI is InChI=1S/C18H17N7O/c19-18-17-14(16(26)3-1-2-13-9-21-10-22-13)8-15(25(17)24-11-23-18)12-4-6-20-7-5-12/h4-11H,1-3H2,(H,21,22)(H2,19,23,24). The average Bonchev–Trinajstić information content (AvgIpc) is 3.31. The number of ketones is 1. The Balaban J connectivity index is 1.67. The van der Waals surface area contributed by atoms with Gasteiger partial charge in [0.05, 0.1) is 12.0 Å². The smallest absolute Gasteiger partial charge is 0.165 e. The van der Waals surface area contributed by atoms with Crippen molar-refractivity contribution in [3.05, 3.63) is 60.7 Å². The van der Waals surface area contributed by atoms with E-state index in [1.165, 1.54) is 6.33 Å². The molecule has 4 aromatic rings. The van der Waals surface area contributed by atoms with Crippen molar-refractivity contribution in [1.82, 2.24) is 29.5 Å². The van der Waals surface area contributed by atoms with Gasteiger partial charge in [-0.15, -0.1) is 0 Å². The van der Waals surface area contributed by atoms with Gasteiger partial charge in [-0.1, -0.05) is 0 Å². The zero-order chi connectivity index (χ0) is 17.9. The van der Waals surface area contributed by atoms with E-state index in [0.29, 0.717) is 17.5 Å². The molecular weight excluding hydrogens is 330 g/mol. The highest BCUT2D eigenvalue weighted by molar-refractivity contribution is 6.06. The van der Waals surface area contributed by atoms with Crippen molar-refractivity contribution in [2.45, 2.75) is 19.3 Å². The number of hydrogen-bond acceptors (Lipinski definition) is 6. The molecule has 8 heteroatoms. The molecule has 0 fully saturated rings. The fourth-order valence-electron chi connectivity index (χ4n) is 3.00. The summed E-state index contributed by atoms with van der Waals surface area (Å²) in [6.45, 7) is 0. The van der Waals surface area contributed by atoms with Crippen molar-refractivity contribution in [2.24, 2.45) is 0 Å². The van der Waals surface area contributed by atoms with Crippen LogP contribution in [0.4, 0.5) is 5.82 Å². The SMILES string of the molecule is Nc1ncnn2c(-c3ccncc3)cc(C(=O)CCCc3cnc[nH]3)c12. The van der Waals surface area contributed by atoms with Gasteiger partial charge in [0.1, 0.15) is 11.8 Å². The van der Waals surface area contributed by atoms with E-state index in [4.69, 9.17) is 5.73 Å². The van der Waals surface area contributed by atoms with Crippen LogP contribution < -0.4 is 5.73 Å². The maximum Gasteiger partial charge on any atom is 0.165 e. The Kier molecular flexibility index (Phi) is 4.14. The van der Waals surface area contributed by atoms with Gasteiger partial charge in [-0.3, -0.25) is 9.78 Å². The summed E-state index contributed by atoms with van der Waals surface area (Å²) in [5.41, 5.74) is 9.84. The van der Waals surface area contributed by atoms with Crippen LogP contribution in [0.1, 0.15) is 28.9 Å². The van der Waals surface area contributed by atoms with Gasteiger partial charge in [-0.05, 0) is 31.0 Å². The molecule has 0 aliphatic carbocycles. The van der Waals surface area contributed by atoms with E-state index < -0.39 is 0 Å². The second-order valence-corrected chi connectivity index (χ2v) is 5.94. The normalized spacial score (nSPS) is 11.1. The molecule has 4 heterocycles. The number of hydrogen-bond donors (Lipinski definition) is 2. The summed E-state index contributed by atoms with van der Waals surface area (Å²) in [7, 11) is 0. The predicted molar refractivity (Wildman–Crippen MR) is 96.5 cm³/mol. The number of anilines is 1. The molecule has 0 radical (unpaired) electrons. The largest absolute Gasteiger partial charge is 0.382 e. The van der Waals surface area contributed by atoms with Crippen LogP contribution in [0.3, 0.4) is 0 Å². The summed E-state index contributed by atoms with van der Waals surface area (Å²) in [6.07, 6.45) is 10.1. The lowest BCUT2D eigenvalue weighted by Gasteiger charge is -2.03. The molecule has 0 amide bonds. The lowest BCUT2D eigenvalue weighted by Crippen LogP contribution is -2.04. The number of rotatable bonds is 6. The highest BCUT2D eigenvalue weighted by Crippen LogP contribution is 2.28. The Bertz CT molecular complexity index is 1040. The lowest BCUT2D eigenvalue weighted by molar-refractivity contribution is 0.0982. The maximum absolute atomic E-state index is 12.8. The van der Waals surface area contributed by atoms with Gasteiger partial charge < -0.3 is 10.7 Å². The number of pyridine rings is 1. The van der Waals surface area contributed by atoms with Gasteiger partial charge in [-0.25, -0.2) is 14.5 Å². The van der Waals surface area contributed by atoms with Crippen LogP contribution in [0.15, 0.2) is 49.4 Å². The number of aromatic nitrogens is 6. The number of nitrogens with two attached hydrogens (primary N) is 1. The van der Waals surface area contributed by atoms with Crippen LogP contribution >= 0.6 is 0 Å². The molecule has 0 bridgehead atoms. The van der Waals surface area contributed by atoms with Gasteiger partial charge in [0, 0.05) is 41.8 Å². The second kappa shape index (κ2) is 6.75. The molecule has 0 saturated carbocycles. The van der Waals surface area contributed by atoms with E-state index >= 15 is 0 Å². The molecule has 0 spiro atoms. The quantitative estimate of drug-likeness (QED) is 0.517. The first kappa shape index (κ1) is 15.9. The van der Waals surface area contributed by atoms with Crippen molar-refractivity contribution in [1.29, 1.82) is 0 Å². The number of nitrogens with one attached hydrogen (secondary N) is 1. The topological polar surface area (TPSA) is 115 Å². The number of fused-ring (bicyclic) bond motifs is 1. The van der Waals surface area contributed by atoms with Gasteiger partial charge >= 0.3 is 0 Å². The molecule has 0 saturated heterocycles. The van der Waals surface area contributed by atoms with Crippen molar-refractivity contribution in [3.63, 3.8) is 0 Å². The molecule has 0 aliphatic rings. The van der Waals surface area contributed by atoms with Crippen molar-refractivity contribution < 1.29 is 4.79 Å². The number of nitrogen functional groups attached to an aromatic ring is 1. The van der Waals surface area contributed by atoms with E-state index in [9.17, 15) is 4.79 Å². The minimum Gasteiger partial charge on any atom is -0.382 e. The molecule has 0 unspecified atom stereocenters. The number of imidazole rings is 1. The summed E-state index contributed by atoms with van der Waals surface area (Å²) in [6, 6.07) is 5.56. The number of aryl methyl sites for hydroxylation is 1. The number of H-pyrrole nitrogens is 1. The Hall–Kier alpha value is -3.55. The Labute approximate surface area is 149 Å². The van der Waals surface area contributed by atoms with E-state index in [1.54, 1.807) is 29.4 Å². The number of aromatic amines is 1. The molecule has 3 N–H and O–H groups in total. The molecular formula is C18H17N7O. The van der Waals surface area contributed by atoms with Crippen molar-refractivity contribution >= 4 is 17.1 Å². The summed E-state index contributed by atoms with van der Waals surface area (Å²) in [4.78, 5) is 27.9. The summed E-state index contributed by atoms with van der Waals surface area (Å²) < 4.78 is 1.67. The van der Waals surface area contributed by atoms with Gasteiger partial charge in [0.15, 0.2) is 11.6 Å². The van der Waals surface area contributed by atoms with Gasteiger partial charge in [-0.2, -0.15) is 5.10 Å². The minimum absolute atomic E-state index is 0.0174. The van der Waals surface area contributed by atoms with Gasteiger partial charge in [0.25, 0.3) is 0 Å². The van der Waals surface area contributed by atoms with E-state index in [-0.39, 0.29) is 11.6 Å².